The summed E-state index contributed by atoms with van der Waals surface area (Å²) in [5, 5.41) is 2.98. The van der Waals surface area contributed by atoms with Crippen molar-refractivity contribution in [3.05, 3.63) is 18.2 Å². The van der Waals surface area contributed by atoms with Crippen LogP contribution in [0.4, 0.5) is 0 Å². The smallest absolute Gasteiger partial charge is 0.240 e. The van der Waals surface area contributed by atoms with Crippen LogP contribution in [-0.2, 0) is 11.3 Å². The molecule has 0 aromatic carbocycles. The van der Waals surface area contributed by atoms with E-state index in [0.29, 0.717) is 18.0 Å². The number of rotatable bonds is 4. The lowest BCUT2D eigenvalue weighted by molar-refractivity contribution is -0.122. The number of hydrogen-bond acceptors (Lipinski definition) is 3. The van der Waals surface area contributed by atoms with Crippen molar-refractivity contribution in [2.75, 3.05) is 0 Å². The zero-order valence-electron chi connectivity index (χ0n) is 9.06. The molecule has 86 valence electrons. The molecule has 0 atom stereocenters. The molecule has 1 N–H and O–H groups in total. The summed E-state index contributed by atoms with van der Waals surface area (Å²) in [6.07, 6.45) is 8.30. The van der Waals surface area contributed by atoms with Gasteiger partial charge in [-0.25, -0.2) is 4.98 Å². The van der Waals surface area contributed by atoms with Crippen LogP contribution in [0.1, 0.15) is 36.2 Å². The van der Waals surface area contributed by atoms with Crippen molar-refractivity contribution >= 4 is 12.2 Å². The third-order valence-electron chi connectivity index (χ3n) is 2.82. The van der Waals surface area contributed by atoms with E-state index in [0.717, 1.165) is 12.8 Å². The lowest BCUT2D eigenvalue weighted by Gasteiger charge is -2.11. The van der Waals surface area contributed by atoms with Crippen LogP contribution in [0.2, 0.25) is 0 Å². The third kappa shape index (κ3) is 2.68. The Morgan fingerprint density at radius 2 is 2.31 bits per heavy atom. The molecule has 5 heteroatoms. The number of carbonyl (C=O) groups is 2. The van der Waals surface area contributed by atoms with Crippen LogP contribution in [0.5, 0.6) is 0 Å². The summed E-state index contributed by atoms with van der Waals surface area (Å²) in [5.74, 6) is -0.0123. The number of aromatic nitrogens is 2. The number of amides is 1. The Morgan fingerprint density at radius 1 is 1.56 bits per heavy atom. The SMILES string of the molecule is O=Cc1cn(CC(=O)NC2CCCC2)cn1. The van der Waals surface area contributed by atoms with E-state index in [4.69, 9.17) is 0 Å². The highest BCUT2D eigenvalue weighted by Crippen LogP contribution is 2.17. The van der Waals surface area contributed by atoms with Gasteiger partial charge in [-0.15, -0.1) is 0 Å². The van der Waals surface area contributed by atoms with E-state index in [2.05, 4.69) is 10.3 Å². The van der Waals surface area contributed by atoms with Gasteiger partial charge in [0.25, 0.3) is 0 Å². The lowest BCUT2D eigenvalue weighted by atomic mass is 10.2. The monoisotopic (exact) mass is 221 g/mol. The number of hydrogen-bond donors (Lipinski definition) is 1. The van der Waals surface area contributed by atoms with E-state index in [-0.39, 0.29) is 12.5 Å². The maximum absolute atomic E-state index is 11.6. The van der Waals surface area contributed by atoms with Crippen LogP contribution >= 0.6 is 0 Å². The van der Waals surface area contributed by atoms with Crippen molar-refractivity contribution in [3.8, 4) is 0 Å². The van der Waals surface area contributed by atoms with E-state index in [1.54, 1.807) is 10.8 Å². The Bertz CT molecular complexity index is 380. The van der Waals surface area contributed by atoms with E-state index in [1.165, 1.54) is 19.2 Å². The van der Waals surface area contributed by atoms with Gasteiger partial charge < -0.3 is 9.88 Å². The topological polar surface area (TPSA) is 64.0 Å². The Kier molecular flexibility index (Phi) is 3.34. The average Bonchev–Trinajstić information content (AvgIpc) is 2.89. The summed E-state index contributed by atoms with van der Waals surface area (Å²) in [5.41, 5.74) is 0.355. The Labute approximate surface area is 93.9 Å². The molecule has 5 nitrogen and oxygen atoms in total. The molecule has 1 aromatic rings. The predicted octanol–water partition coefficient (Wildman–Crippen LogP) is 0.754. The molecule has 0 unspecified atom stereocenters. The molecule has 1 aliphatic carbocycles. The fourth-order valence-electron chi connectivity index (χ4n) is 2.03. The van der Waals surface area contributed by atoms with Crippen molar-refractivity contribution in [1.29, 1.82) is 0 Å². The highest BCUT2D eigenvalue weighted by molar-refractivity contribution is 5.76. The second-order valence-corrected chi connectivity index (χ2v) is 4.14. The van der Waals surface area contributed by atoms with Crippen LogP contribution in [0.25, 0.3) is 0 Å². The summed E-state index contributed by atoms with van der Waals surface area (Å²) in [7, 11) is 0. The number of imidazole rings is 1. The number of nitrogens with one attached hydrogen (secondary N) is 1. The van der Waals surface area contributed by atoms with Gasteiger partial charge in [-0.3, -0.25) is 9.59 Å². The van der Waals surface area contributed by atoms with Crippen molar-refractivity contribution in [3.63, 3.8) is 0 Å². The van der Waals surface area contributed by atoms with Crippen LogP contribution in [0.15, 0.2) is 12.5 Å². The molecule has 1 aromatic heterocycles. The minimum absolute atomic E-state index is 0.0123. The van der Waals surface area contributed by atoms with Crippen LogP contribution < -0.4 is 5.32 Å². The number of carbonyl (C=O) groups excluding carboxylic acids is 2. The molecular weight excluding hydrogens is 206 g/mol. The number of nitrogens with zero attached hydrogens (tertiary/aromatic N) is 2. The zero-order valence-corrected chi connectivity index (χ0v) is 9.06. The zero-order chi connectivity index (χ0) is 11.4. The highest BCUT2D eigenvalue weighted by Gasteiger charge is 2.16. The fourth-order valence-corrected chi connectivity index (χ4v) is 2.03. The molecule has 0 spiro atoms. The van der Waals surface area contributed by atoms with Gasteiger partial charge >= 0.3 is 0 Å². The van der Waals surface area contributed by atoms with Gasteiger partial charge in [0.2, 0.25) is 5.91 Å². The van der Waals surface area contributed by atoms with Gasteiger partial charge in [-0.2, -0.15) is 0 Å². The fraction of sp³-hybridized carbons (Fsp3) is 0.545. The molecule has 1 fully saturated rings. The molecule has 2 rings (SSSR count). The molecule has 1 amide bonds. The van der Waals surface area contributed by atoms with Gasteiger partial charge in [-0.1, -0.05) is 12.8 Å². The summed E-state index contributed by atoms with van der Waals surface area (Å²) < 4.78 is 1.62. The Balaban J connectivity index is 1.84. The average molecular weight is 221 g/mol. The molecular formula is C11H15N3O2. The molecule has 0 bridgehead atoms. The van der Waals surface area contributed by atoms with E-state index < -0.39 is 0 Å². The van der Waals surface area contributed by atoms with Gasteiger partial charge in [0.15, 0.2) is 6.29 Å². The van der Waals surface area contributed by atoms with Crippen molar-refractivity contribution in [2.45, 2.75) is 38.3 Å². The highest BCUT2D eigenvalue weighted by atomic mass is 16.2. The Morgan fingerprint density at radius 3 is 2.94 bits per heavy atom. The maximum Gasteiger partial charge on any atom is 0.240 e. The van der Waals surface area contributed by atoms with E-state index >= 15 is 0 Å². The molecule has 1 heterocycles. The number of aldehydes is 1. The molecule has 1 saturated carbocycles. The molecule has 0 aliphatic heterocycles. The van der Waals surface area contributed by atoms with Crippen LogP contribution in [-0.4, -0.2) is 27.8 Å². The maximum atomic E-state index is 11.6. The van der Waals surface area contributed by atoms with Crippen LogP contribution in [0, 0.1) is 0 Å². The Hall–Kier alpha value is -1.65. The van der Waals surface area contributed by atoms with Gasteiger partial charge in [0, 0.05) is 12.2 Å². The second kappa shape index (κ2) is 4.92. The summed E-state index contributed by atoms with van der Waals surface area (Å²) in [6, 6.07) is 0.335. The van der Waals surface area contributed by atoms with Gasteiger partial charge in [-0.05, 0) is 12.8 Å². The predicted molar refractivity (Wildman–Crippen MR) is 58.0 cm³/mol. The standard InChI is InChI=1S/C11H15N3O2/c15-7-10-5-14(8-12-10)6-11(16)13-9-3-1-2-4-9/h5,7-9H,1-4,6H2,(H,13,16). The van der Waals surface area contributed by atoms with Gasteiger partial charge in [0.1, 0.15) is 12.2 Å². The summed E-state index contributed by atoms with van der Waals surface area (Å²) >= 11 is 0. The normalized spacial score (nSPS) is 16.2. The molecule has 0 saturated heterocycles. The second-order valence-electron chi connectivity index (χ2n) is 4.14. The first-order valence-corrected chi connectivity index (χ1v) is 5.54. The first-order chi connectivity index (χ1) is 7.78. The molecule has 1 aliphatic rings. The van der Waals surface area contributed by atoms with Gasteiger partial charge in [0.05, 0.1) is 6.33 Å². The third-order valence-corrected chi connectivity index (χ3v) is 2.82. The minimum atomic E-state index is -0.0123. The molecule has 0 radical (unpaired) electrons. The lowest BCUT2D eigenvalue weighted by Crippen LogP contribution is -2.34. The first kappa shape index (κ1) is 10.9. The van der Waals surface area contributed by atoms with Crippen LogP contribution in [0.3, 0.4) is 0 Å². The minimum Gasteiger partial charge on any atom is -0.352 e. The van der Waals surface area contributed by atoms with Crippen molar-refractivity contribution in [1.82, 2.24) is 14.9 Å². The largest absolute Gasteiger partial charge is 0.352 e. The quantitative estimate of drug-likeness (QED) is 0.763. The van der Waals surface area contributed by atoms with E-state index in [1.807, 2.05) is 0 Å². The first-order valence-electron chi connectivity index (χ1n) is 5.54. The summed E-state index contributed by atoms with van der Waals surface area (Å²) in [4.78, 5) is 25.9. The molecule has 16 heavy (non-hydrogen) atoms. The van der Waals surface area contributed by atoms with Crippen molar-refractivity contribution in [2.24, 2.45) is 0 Å². The summed E-state index contributed by atoms with van der Waals surface area (Å²) in [6.45, 7) is 0.233. The van der Waals surface area contributed by atoms with E-state index in [9.17, 15) is 9.59 Å². The van der Waals surface area contributed by atoms with Crippen molar-refractivity contribution < 1.29 is 9.59 Å².